The Morgan fingerprint density at radius 1 is 0.931 bits per heavy atom. The predicted octanol–water partition coefficient (Wildman–Crippen LogP) is 2.30. The summed E-state index contributed by atoms with van der Waals surface area (Å²) in [6.07, 6.45) is 2.75. The van der Waals surface area contributed by atoms with Crippen molar-refractivity contribution in [3.05, 3.63) is 65.7 Å². The summed E-state index contributed by atoms with van der Waals surface area (Å²) < 4.78 is 0. The molecule has 7 nitrogen and oxygen atoms in total. The summed E-state index contributed by atoms with van der Waals surface area (Å²) in [4.78, 5) is 35.8. The van der Waals surface area contributed by atoms with Crippen molar-refractivity contribution in [1.82, 2.24) is 16.2 Å². The Morgan fingerprint density at radius 2 is 1.62 bits per heavy atom. The molecule has 3 rings (SSSR count). The van der Waals surface area contributed by atoms with Crippen molar-refractivity contribution in [2.45, 2.75) is 25.7 Å². The highest BCUT2D eigenvalue weighted by Gasteiger charge is 2.29. The first-order valence-electron chi connectivity index (χ1n) is 9.36. The zero-order valence-corrected chi connectivity index (χ0v) is 16.6. The van der Waals surface area contributed by atoms with Crippen molar-refractivity contribution in [1.29, 1.82) is 0 Å². The minimum absolute atomic E-state index is 0.0113. The van der Waals surface area contributed by atoms with Crippen molar-refractivity contribution in [2.24, 2.45) is 5.92 Å². The average molecular weight is 410 g/mol. The quantitative estimate of drug-likeness (QED) is 0.433. The van der Waals surface area contributed by atoms with E-state index in [0.29, 0.717) is 17.7 Å². The van der Waals surface area contributed by atoms with E-state index in [4.69, 9.17) is 12.2 Å². The molecule has 0 aliphatic heterocycles. The van der Waals surface area contributed by atoms with Gasteiger partial charge in [0, 0.05) is 23.6 Å². The fourth-order valence-electron chi connectivity index (χ4n) is 2.60. The molecule has 0 spiro atoms. The third-order valence-corrected chi connectivity index (χ3v) is 4.59. The fourth-order valence-corrected chi connectivity index (χ4v) is 2.77. The van der Waals surface area contributed by atoms with E-state index in [0.717, 1.165) is 18.4 Å². The molecule has 0 radical (unpaired) electrons. The van der Waals surface area contributed by atoms with Crippen LogP contribution in [0.1, 0.15) is 35.2 Å². The van der Waals surface area contributed by atoms with Gasteiger partial charge in [0.25, 0.3) is 5.91 Å². The Labute approximate surface area is 174 Å². The van der Waals surface area contributed by atoms with Gasteiger partial charge in [-0.05, 0) is 61.3 Å². The second-order valence-corrected chi connectivity index (χ2v) is 7.19. The van der Waals surface area contributed by atoms with E-state index < -0.39 is 5.91 Å². The number of nitrogens with one attached hydrogen (secondary N) is 4. The monoisotopic (exact) mass is 410 g/mol. The van der Waals surface area contributed by atoms with Gasteiger partial charge in [-0.1, -0.05) is 30.3 Å². The molecular weight excluding hydrogens is 388 g/mol. The predicted molar refractivity (Wildman–Crippen MR) is 114 cm³/mol. The van der Waals surface area contributed by atoms with E-state index in [1.54, 1.807) is 24.3 Å². The molecule has 1 aliphatic carbocycles. The van der Waals surface area contributed by atoms with E-state index >= 15 is 0 Å². The Morgan fingerprint density at radius 3 is 2.28 bits per heavy atom. The second-order valence-electron chi connectivity index (χ2n) is 6.78. The lowest BCUT2D eigenvalue weighted by molar-refractivity contribution is -0.119. The number of aryl methyl sites for hydroxylation is 1. The van der Waals surface area contributed by atoms with Gasteiger partial charge in [-0.3, -0.25) is 25.2 Å². The number of hydrazine groups is 1. The third-order valence-electron chi connectivity index (χ3n) is 4.39. The lowest BCUT2D eigenvalue weighted by atomic mass is 10.1. The molecule has 0 atom stereocenters. The molecule has 1 fully saturated rings. The molecule has 8 heteroatoms. The topological polar surface area (TPSA) is 99.3 Å². The third kappa shape index (κ3) is 6.69. The van der Waals surface area contributed by atoms with Gasteiger partial charge in [-0.2, -0.15) is 0 Å². The van der Waals surface area contributed by atoms with E-state index in [1.165, 1.54) is 0 Å². The molecule has 29 heavy (non-hydrogen) atoms. The Kier molecular flexibility index (Phi) is 6.91. The molecule has 1 saturated carbocycles. The van der Waals surface area contributed by atoms with Gasteiger partial charge in [0.2, 0.25) is 11.8 Å². The first kappa shape index (κ1) is 20.5. The van der Waals surface area contributed by atoms with Crippen molar-refractivity contribution in [2.75, 3.05) is 5.32 Å². The molecule has 0 aromatic heterocycles. The molecule has 0 unspecified atom stereocenters. The van der Waals surface area contributed by atoms with Crippen LogP contribution in [0.2, 0.25) is 0 Å². The average Bonchev–Trinajstić information content (AvgIpc) is 3.57. The van der Waals surface area contributed by atoms with Gasteiger partial charge in [-0.15, -0.1) is 0 Å². The minimum Gasteiger partial charge on any atom is -0.326 e. The number of thiocarbonyl (C=S) groups is 1. The first-order valence-corrected chi connectivity index (χ1v) is 9.77. The Bertz CT molecular complexity index is 896. The van der Waals surface area contributed by atoms with Crippen LogP contribution in [0.5, 0.6) is 0 Å². The van der Waals surface area contributed by atoms with Crippen LogP contribution in [0.3, 0.4) is 0 Å². The highest BCUT2D eigenvalue weighted by atomic mass is 32.1. The molecule has 2 aromatic carbocycles. The van der Waals surface area contributed by atoms with Crippen LogP contribution in [0, 0.1) is 5.92 Å². The Hall–Kier alpha value is -3.26. The van der Waals surface area contributed by atoms with Crippen molar-refractivity contribution < 1.29 is 14.4 Å². The van der Waals surface area contributed by atoms with E-state index in [1.807, 2.05) is 30.3 Å². The smallest absolute Gasteiger partial charge is 0.269 e. The molecule has 150 valence electrons. The van der Waals surface area contributed by atoms with Crippen LogP contribution in [-0.2, 0) is 16.0 Å². The summed E-state index contributed by atoms with van der Waals surface area (Å²) in [5, 5.41) is 5.35. The summed E-state index contributed by atoms with van der Waals surface area (Å²) in [5.74, 6) is -0.523. The zero-order chi connectivity index (χ0) is 20.6. The number of rotatable bonds is 6. The van der Waals surface area contributed by atoms with Gasteiger partial charge in [0.05, 0.1) is 0 Å². The summed E-state index contributed by atoms with van der Waals surface area (Å²) in [5.41, 5.74) is 7.04. The molecule has 1 aliphatic rings. The van der Waals surface area contributed by atoms with E-state index in [9.17, 15) is 14.4 Å². The van der Waals surface area contributed by atoms with Crippen LogP contribution in [-0.4, -0.2) is 22.8 Å². The van der Waals surface area contributed by atoms with Crippen LogP contribution in [0.15, 0.2) is 54.6 Å². The number of benzene rings is 2. The van der Waals surface area contributed by atoms with Gasteiger partial charge in [-0.25, -0.2) is 0 Å². The normalized spacial score (nSPS) is 12.6. The highest BCUT2D eigenvalue weighted by molar-refractivity contribution is 7.80. The van der Waals surface area contributed by atoms with Gasteiger partial charge in [0.15, 0.2) is 5.11 Å². The zero-order valence-electron chi connectivity index (χ0n) is 15.7. The molecular formula is C21H22N4O3S. The minimum atomic E-state index is -0.411. The molecule has 4 N–H and O–H groups in total. The van der Waals surface area contributed by atoms with Gasteiger partial charge in [0.1, 0.15) is 0 Å². The fraction of sp³-hybridized carbons (Fsp3) is 0.238. The number of hydrogen-bond acceptors (Lipinski definition) is 4. The molecule has 2 aromatic rings. The van der Waals surface area contributed by atoms with E-state index in [2.05, 4.69) is 21.5 Å². The summed E-state index contributed by atoms with van der Waals surface area (Å²) in [7, 11) is 0. The molecule has 3 amide bonds. The first-order chi connectivity index (χ1) is 14.0. The SMILES string of the molecule is O=C(CCc1ccccc1)NC(=S)NNC(=O)c1ccc(NC(=O)C2CC2)cc1. The number of carbonyl (C=O) groups is 3. The molecule has 0 bridgehead atoms. The van der Waals surface area contributed by atoms with Crippen molar-refractivity contribution in [3.63, 3.8) is 0 Å². The lowest BCUT2D eigenvalue weighted by Gasteiger charge is -2.11. The molecule has 0 heterocycles. The lowest BCUT2D eigenvalue weighted by Crippen LogP contribution is -2.48. The summed E-state index contributed by atoms with van der Waals surface area (Å²) in [6, 6.07) is 16.2. The second kappa shape index (κ2) is 9.79. The maximum atomic E-state index is 12.2. The van der Waals surface area contributed by atoms with Gasteiger partial charge < -0.3 is 10.6 Å². The number of carbonyl (C=O) groups excluding carboxylic acids is 3. The summed E-state index contributed by atoms with van der Waals surface area (Å²) in [6.45, 7) is 0. The van der Waals surface area contributed by atoms with Crippen LogP contribution in [0.4, 0.5) is 5.69 Å². The van der Waals surface area contributed by atoms with Gasteiger partial charge >= 0.3 is 0 Å². The standard InChI is InChI=1S/C21H22N4O3S/c26-18(13-6-14-4-2-1-3-5-14)23-21(29)25-24-20(28)16-9-11-17(12-10-16)22-19(27)15-7-8-15/h1-5,9-12,15H,6-8,13H2,(H,22,27)(H,24,28)(H2,23,25,26,29). The van der Waals surface area contributed by atoms with Crippen LogP contribution >= 0.6 is 12.2 Å². The summed E-state index contributed by atoms with van der Waals surface area (Å²) >= 11 is 5.02. The largest absolute Gasteiger partial charge is 0.326 e. The highest BCUT2D eigenvalue weighted by Crippen LogP contribution is 2.30. The Balaban J connectivity index is 1.38. The number of anilines is 1. The van der Waals surface area contributed by atoms with Crippen molar-refractivity contribution >= 4 is 40.7 Å². The number of hydrogen-bond donors (Lipinski definition) is 4. The number of amides is 3. The van der Waals surface area contributed by atoms with E-state index in [-0.39, 0.29) is 29.3 Å². The van der Waals surface area contributed by atoms with Crippen LogP contribution in [0.25, 0.3) is 0 Å². The molecule has 0 saturated heterocycles. The van der Waals surface area contributed by atoms with Crippen molar-refractivity contribution in [3.8, 4) is 0 Å². The maximum Gasteiger partial charge on any atom is 0.269 e. The maximum absolute atomic E-state index is 12.2. The van der Waals surface area contributed by atoms with Crippen LogP contribution < -0.4 is 21.5 Å².